The van der Waals surface area contributed by atoms with Crippen molar-refractivity contribution in [3.63, 3.8) is 0 Å². The number of nitrogens with zero attached hydrogens (tertiary/aromatic N) is 5. The van der Waals surface area contributed by atoms with Crippen LogP contribution in [0.25, 0.3) is 0 Å². The summed E-state index contributed by atoms with van der Waals surface area (Å²) in [5, 5.41) is 4.34. The Balaban J connectivity index is 1.29. The maximum absolute atomic E-state index is 12.6. The standard InChI is InChI=1S/C23H25N5O3S/c1-27-22-20(7-4-12-24-22)31-14-17(23(27)32)5-3-6-19(29)21-25-15-28(26-21)13-16-8-10-18(30-2)11-9-16/h4,7-12,15,17H,3,5-6,13-14H2,1-2H3. The third-order valence-electron chi connectivity index (χ3n) is 5.43. The van der Waals surface area contributed by atoms with Crippen LogP contribution in [0.3, 0.4) is 0 Å². The van der Waals surface area contributed by atoms with Gasteiger partial charge in [-0.25, -0.2) is 14.6 Å². The topological polar surface area (TPSA) is 82.4 Å². The Morgan fingerprint density at radius 3 is 2.84 bits per heavy atom. The highest BCUT2D eigenvalue weighted by atomic mass is 32.1. The number of carbonyl (C=O) groups excluding carboxylic acids is 1. The Hall–Kier alpha value is -3.33. The number of rotatable bonds is 8. The number of ether oxygens (including phenoxy) is 2. The fourth-order valence-electron chi connectivity index (χ4n) is 3.63. The van der Waals surface area contributed by atoms with Crippen LogP contribution in [0.2, 0.25) is 0 Å². The molecular weight excluding hydrogens is 426 g/mol. The van der Waals surface area contributed by atoms with Gasteiger partial charge >= 0.3 is 0 Å². The number of carbonyl (C=O) groups is 1. The number of benzene rings is 1. The monoisotopic (exact) mass is 451 g/mol. The van der Waals surface area contributed by atoms with Crippen LogP contribution >= 0.6 is 12.2 Å². The average molecular weight is 452 g/mol. The van der Waals surface area contributed by atoms with Gasteiger partial charge in [-0.05, 0) is 42.7 Å². The van der Waals surface area contributed by atoms with Crippen molar-refractivity contribution in [2.24, 2.45) is 5.92 Å². The highest BCUT2D eigenvalue weighted by Gasteiger charge is 2.27. The van der Waals surface area contributed by atoms with Crippen LogP contribution in [0.5, 0.6) is 11.5 Å². The predicted octanol–water partition coefficient (Wildman–Crippen LogP) is 3.56. The van der Waals surface area contributed by atoms with E-state index < -0.39 is 0 Å². The largest absolute Gasteiger partial charge is 0.497 e. The number of hydrogen-bond acceptors (Lipinski definition) is 7. The number of fused-ring (bicyclic) bond motifs is 1. The first-order chi connectivity index (χ1) is 15.5. The molecule has 2 aromatic heterocycles. The summed E-state index contributed by atoms with van der Waals surface area (Å²) in [6.45, 7) is 1.02. The first-order valence-electron chi connectivity index (χ1n) is 10.5. The second-order valence-electron chi connectivity index (χ2n) is 7.66. The first kappa shape index (κ1) is 21.9. The molecule has 0 amide bonds. The molecule has 0 radical (unpaired) electrons. The van der Waals surface area contributed by atoms with Gasteiger partial charge in [0.05, 0.1) is 25.2 Å². The summed E-state index contributed by atoms with van der Waals surface area (Å²) in [6, 6.07) is 11.4. The number of methoxy groups -OCH3 is 1. The van der Waals surface area contributed by atoms with Crippen molar-refractivity contribution in [3.8, 4) is 11.5 Å². The van der Waals surface area contributed by atoms with E-state index in [1.807, 2.05) is 48.3 Å². The minimum atomic E-state index is -0.0720. The molecule has 3 heterocycles. The Labute approximate surface area is 192 Å². The molecule has 8 nitrogen and oxygen atoms in total. The predicted molar refractivity (Wildman–Crippen MR) is 125 cm³/mol. The molecule has 166 valence electrons. The summed E-state index contributed by atoms with van der Waals surface area (Å²) in [6.07, 6.45) is 5.10. The molecule has 9 heteroatoms. The number of ketones is 1. The Morgan fingerprint density at radius 1 is 1.25 bits per heavy atom. The van der Waals surface area contributed by atoms with E-state index in [1.165, 1.54) is 0 Å². The van der Waals surface area contributed by atoms with E-state index in [-0.39, 0.29) is 17.5 Å². The van der Waals surface area contributed by atoms with Gasteiger partial charge in [-0.15, -0.1) is 5.10 Å². The molecule has 0 fully saturated rings. The van der Waals surface area contributed by atoms with E-state index in [0.29, 0.717) is 26.0 Å². The Morgan fingerprint density at radius 2 is 2.06 bits per heavy atom. The maximum atomic E-state index is 12.6. The van der Waals surface area contributed by atoms with Crippen LogP contribution in [0.15, 0.2) is 48.9 Å². The zero-order chi connectivity index (χ0) is 22.5. The Bertz CT molecular complexity index is 1100. The van der Waals surface area contributed by atoms with Crippen LogP contribution in [0, 0.1) is 5.92 Å². The number of thiocarbonyl (C=S) groups is 1. The van der Waals surface area contributed by atoms with Crippen molar-refractivity contribution in [1.29, 1.82) is 0 Å². The normalized spacial score (nSPS) is 15.6. The van der Waals surface area contributed by atoms with Crippen LogP contribution in [0.1, 0.15) is 35.4 Å². The van der Waals surface area contributed by atoms with Gasteiger partial charge in [0.25, 0.3) is 0 Å². The fourth-order valence-corrected chi connectivity index (χ4v) is 3.90. The van der Waals surface area contributed by atoms with Crippen molar-refractivity contribution in [2.75, 3.05) is 25.7 Å². The summed E-state index contributed by atoms with van der Waals surface area (Å²) in [4.78, 5) is 23.8. The fraction of sp³-hybridized carbons (Fsp3) is 0.348. The zero-order valence-corrected chi connectivity index (χ0v) is 18.9. The summed E-state index contributed by atoms with van der Waals surface area (Å²) in [7, 11) is 3.54. The lowest BCUT2D eigenvalue weighted by molar-refractivity contribution is 0.0967. The van der Waals surface area contributed by atoms with Gasteiger partial charge in [0.2, 0.25) is 11.6 Å². The summed E-state index contributed by atoms with van der Waals surface area (Å²) >= 11 is 5.65. The molecule has 0 spiro atoms. The van der Waals surface area contributed by atoms with Crippen molar-refractivity contribution in [2.45, 2.75) is 25.8 Å². The van der Waals surface area contributed by atoms with Gasteiger partial charge in [0, 0.05) is 25.6 Å². The minimum Gasteiger partial charge on any atom is -0.497 e. The molecule has 1 aromatic carbocycles. The van der Waals surface area contributed by atoms with E-state index in [4.69, 9.17) is 21.7 Å². The number of hydrogen-bond donors (Lipinski definition) is 0. The second kappa shape index (κ2) is 9.86. The number of pyridine rings is 1. The zero-order valence-electron chi connectivity index (χ0n) is 18.1. The number of anilines is 1. The number of aromatic nitrogens is 4. The van der Waals surface area contributed by atoms with Gasteiger partial charge in [0.1, 0.15) is 12.1 Å². The lowest BCUT2D eigenvalue weighted by Gasteiger charge is -2.21. The molecule has 1 aliphatic rings. The average Bonchev–Trinajstić information content (AvgIpc) is 3.25. The molecule has 0 N–H and O–H groups in total. The molecule has 0 saturated carbocycles. The second-order valence-corrected chi connectivity index (χ2v) is 8.08. The molecular formula is C23H25N5O3S. The van der Waals surface area contributed by atoms with Crippen LogP contribution < -0.4 is 14.4 Å². The first-order valence-corrected chi connectivity index (χ1v) is 10.9. The molecule has 3 aromatic rings. The lowest BCUT2D eigenvalue weighted by atomic mass is 10.0. The van der Waals surface area contributed by atoms with E-state index in [9.17, 15) is 4.79 Å². The molecule has 0 saturated heterocycles. The van der Waals surface area contributed by atoms with Crippen molar-refractivity contribution in [3.05, 3.63) is 60.3 Å². The van der Waals surface area contributed by atoms with Crippen LogP contribution in [0.4, 0.5) is 5.82 Å². The molecule has 0 bridgehead atoms. The number of Topliss-reactive ketones (excluding diaryl/α,β-unsaturated/α-hetero) is 1. The molecule has 32 heavy (non-hydrogen) atoms. The minimum absolute atomic E-state index is 0.0394. The summed E-state index contributed by atoms with van der Waals surface area (Å²) in [5.74, 6) is 2.46. The van der Waals surface area contributed by atoms with E-state index in [0.717, 1.165) is 34.3 Å². The van der Waals surface area contributed by atoms with Crippen molar-refractivity contribution < 1.29 is 14.3 Å². The van der Waals surface area contributed by atoms with E-state index in [1.54, 1.807) is 24.3 Å². The summed E-state index contributed by atoms with van der Waals surface area (Å²) < 4.78 is 12.7. The smallest absolute Gasteiger partial charge is 0.217 e. The highest BCUT2D eigenvalue weighted by Crippen LogP contribution is 2.31. The molecule has 1 atom stereocenters. The molecule has 1 unspecified atom stereocenters. The lowest BCUT2D eigenvalue weighted by Crippen LogP contribution is -2.32. The quantitative estimate of drug-likeness (QED) is 0.380. The summed E-state index contributed by atoms with van der Waals surface area (Å²) in [5.41, 5.74) is 1.05. The molecule has 0 aliphatic carbocycles. The van der Waals surface area contributed by atoms with Crippen molar-refractivity contribution >= 4 is 28.8 Å². The van der Waals surface area contributed by atoms with E-state index >= 15 is 0 Å². The van der Waals surface area contributed by atoms with Gasteiger partial charge in [-0.2, -0.15) is 0 Å². The van der Waals surface area contributed by atoms with Gasteiger partial charge in [-0.1, -0.05) is 24.4 Å². The highest BCUT2D eigenvalue weighted by molar-refractivity contribution is 7.80. The van der Waals surface area contributed by atoms with Crippen molar-refractivity contribution in [1.82, 2.24) is 19.7 Å². The van der Waals surface area contributed by atoms with E-state index in [2.05, 4.69) is 15.1 Å². The maximum Gasteiger partial charge on any atom is 0.217 e. The van der Waals surface area contributed by atoms with Gasteiger partial charge in [0.15, 0.2) is 11.6 Å². The molecule has 4 rings (SSSR count). The SMILES string of the molecule is COc1ccc(Cn2cnc(C(=O)CCCC3COc4cccnc4N(C)C3=S)n2)cc1. The van der Waals surface area contributed by atoms with Gasteiger partial charge < -0.3 is 14.4 Å². The van der Waals surface area contributed by atoms with Gasteiger partial charge in [-0.3, -0.25) is 4.79 Å². The van der Waals surface area contributed by atoms with Crippen LogP contribution in [-0.4, -0.2) is 51.3 Å². The molecule has 1 aliphatic heterocycles. The van der Waals surface area contributed by atoms with Crippen LogP contribution in [-0.2, 0) is 6.54 Å². The Kier molecular flexibility index (Phi) is 6.75. The third kappa shape index (κ3) is 4.94. The third-order valence-corrected chi connectivity index (χ3v) is 6.04.